The minimum atomic E-state index is -0.196. The van der Waals surface area contributed by atoms with Gasteiger partial charge in [0.2, 0.25) is 0 Å². The second-order valence-electron chi connectivity index (χ2n) is 4.14. The molecule has 0 aliphatic heterocycles. The molecule has 0 bridgehead atoms. The Morgan fingerprint density at radius 1 is 1.16 bits per heavy atom. The average molecular weight is 324 g/mol. The highest BCUT2D eigenvalue weighted by Crippen LogP contribution is 2.18. The maximum atomic E-state index is 13.3. The van der Waals surface area contributed by atoms with Crippen LogP contribution in [0.25, 0.3) is 0 Å². The molecule has 2 aromatic rings. The van der Waals surface area contributed by atoms with Gasteiger partial charge in [0, 0.05) is 22.3 Å². The topological polar surface area (TPSA) is 21.3 Å². The minimum absolute atomic E-state index is 0.196. The van der Waals surface area contributed by atoms with Crippen LogP contribution < -0.4 is 10.1 Å². The molecular formula is C15H15BrFNO. The van der Waals surface area contributed by atoms with Crippen molar-refractivity contribution in [2.24, 2.45) is 0 Å². The number of halogens is 2. The van der Waals surface area contributed by atoms with Gasteiger partial charge in [0.25, 0.3) is 0 Å². The Balaban J connectivity index is 1.81. The molecule has 0 spiro atoms. The number of hydrogen-bond donors (Lipinski definition) is 1. The number of rotatable bonds is 5. The molecule has 0 unspecified atom stereocenters. The highest BCUT2D eigenvalue weighted by molar-refractivity contribution is 9.10. The lowest BCUT2D eigenvalue weighted by Crippen LogP contribution is -2.12. The fraction of sp³-hybridized carbons (Fsp3) is 0.200. The van der Waals surface area contributed by atoms with Crippen LogP contribution in [0.2, 0.25) is 0 Å². The molecule has 0 fully saturated rings. The monoisotopic (exact) mass is 323 g/mol. The van der Waals surface area contributed by atoms with Crippen molar-refractivity contribution in [2.75, 3.05) is 18.5 Å². The lowest BCUT2D eigenvalue weighted by molar-refractivity contribution is 0.333. The Bertz CT molecular complexity index is 542. The summed E-state index contributed by atoms with van der Waals surface area (Å²) >= 11 is 3.37. The fourth-order valence-electron chi connectivity index (χ4n) is 1.68. The molecule has 0 aromatic heterocycles. The average Bonchev–Trinajstić information content (AvgIpc) is 2.41. The highest BCUT2D eigenvalue weighted by atomic mass is 79.9. The van der Waals surface area contributed by atoms with Crippen LogP contribution in [0, 0.1) is 12.7 Å². The molecule has 19 heavy (non-hydrogen) atoms. The van der Waals surface area contributed by atoms with Gasteiger partial charge in [-0.25, -0.2) is 4.39 Å². The first-order chi connectivity index (χ1) is 9.16. The predicted molar refractivity (Wildman–Crippen MR) is 79.3 cm³/mol. The van der Waals surface area contributed by atoms with E-state index >= 15 is 0 Å². The molecule has 4 heteroatoms. The second kappa shape index (κ2) is 6.57. The van der Waals surface area contributed by atoms with Crippen LogP contribution in [0.5, 0.6) is 5.75 Å². The molecule has 2 rings (SSSR count). The van der Waals surface area contributed by atoms with Crippen molar-refractivity contribution in [3.63, 3.8) is 0 Å². The van der Waals surface area contributed by atoms with Gasteiger partial charge in [-0.2, -0.15) is 0 Å². The first-order valence-corrected chi connectivity index (χ1v) is 6.83. The van der Waals surface area contributed by atoms with E-state index in [1.165, 1.54) is 6.07 Å². The van der Waals surface area contributed by atoms with E-state index in [-0.39, 0.29) is 5.82 Å². The third kappa shape index (κ3) is 3.96. The zero-order valence-corrected chi connectivity index (χ0v) is 12.2. The van der Waals surface area contributed by atoms with Gasteiger partial charge in [0.15, 0.2) is 0 Å². The Morgan fingerprint density at radius 2 is 1.89 bits per heavy atom. The number of hydrogen-bond acceptors (Lipinski definition) is 2. The molecule has 0 aliphatic rings. The Morgan fingerprint density at radius 3 is 2.63 bits per heavy atom. The van der Waals surface area contributed by atoms with Crippen LogP contribution in [0.1, 0.15) is 5.56 Å². The van der Waals surface area contributed by atoms with Gasteiger partial charge in [-0.15, -0.1) is 0 Å². The van der Waals surface area contributed by atoms with E-state index in [9.17, 15) is 4.39 Å². The van der Waals surface area contributed by atoms with E-state index in [1.807, 2.05) is 30.3 Å². The first kappa shape index (κ1) is 13.9. The quantitative estimate of drug-likeness (QED) is 0.824. The molecule has 0 amide bonds. The maximum absolute atomic E-state index is 13.3. The Kier molecular flexibility index (Phi) is 4.80. The van der Waals surface area contributed by atoms with Crippen molar-refractivity contribution in [1.82, 2.24) is 0 Å². The lowest BCUT2D eigenvalue weighted by Gasteiger charge is -2.11. The van der Waals surface area contributed by atoms with Crippen LogP contribution in [0.3, 0.4) is 0 Å². The van der Waals surface area contributed by atoms with Crippen molar-refractivity contribution in [3.8, 4) is 5.75 Å². The lowest BCUT2D eigenvalue weighted by atomic mass is 10.2. The number of ether oxygens (including phenoxy) is 1. The van der Waals surface area contributed by atoms with Crippen molar-refractivity contribution in [2.45, 2.75) is 6.92 Å². The van der Waals surface area contributed by atoms with Crippen LogP contribution in [-0.4, -0.2) is 13.2 Å². The second-order valence-corrected chi connectivity index (χ2v) is 5.06. The van der Waals surface area contributed by atoms with E-state index in [0.717, 1.165) is 15.9 Å². The molecule has 2 aromatic carbocycles. The van der Waals surface area contributed by atoms with Gasteiger partial charge in [0.05, 0.1) is 0 Å². The summed E-state index contributed by atoms with van der Waals surface area (Å²) in [7, 11) is 0. The van der Waals surface area contributed by atoms with Gasteiger partial charge >= 0.3 is 0 Å². The Labute approximate surface area is 120 Å². The van der Waals surface area contributed by atoms with Gasteiger partial charge in [0.1, 0.15) is 18.2 Å². The van der Waals surface area contributed by atoms with E-state index < -0.39 is 0 Å². The fourth-order valence-corrected chi connectivity index (χ4v) is 1.95. The zero-order valence-electron chi connectivity index (χ0n) is 10.6. The zero-order chi connectivity index (χ0) is 13.7. The molecule has 100 valence electrons. The molecule has 0 aliphatic carbocycles. The molecule has 0 saturated carbocycles. The van der Waals surface area contributed by atoms with Crippen molar-refractivity contribution < 1.29 is 9.13 Å². The maximum Gasteiger partial charge on any atom is 0.128 e. The summed E-state index contributed by atoms with van der Waals surface area (Å²) in [5, 5.41) is 3.16. The molecule has 2 nitrogen and oxygen atoms in total. The van der Waals surface area contributed by atoms with Crippen LogP contribution in [0.15, 0.2) is 46.9 Å². The number of benzene rings is 2. The summed E-state index contributed by atoms with van der Waals surface area (Å²) in [6.45, 7) is 2.91. The molecule has 0 heterocycles. The normalized spacial score (nSPS) is 10.3. The van der Waals surface area contributed by atoms with Crippen LogP contribution in [-0.2, 0) is 0 Å². The Hall–Kier alpha value is -1.55. The van der Waals surface area contributed by atoms with E-state index in [2.05, 4.69) is 21.2 Å². The van der Waals surface area contributed by atoms with Crippen molar-refractivity contribution >= 4 is 21.6 Å². The van der Waals surface area contributed by atoms with E-state index in [0.29, 0.717) is 18.7 Å². The summed E-state index contributed by atoms with van der Waals surface area (Å²) in [6.07, 6.45) is 0. The van der Waals surface area contributed by atoms with Gasteiger partial charge in [-0.3, -0.25) is 0 Å². The van der Waals surface area contributed by atoms with Gasteiger partial charge in [-0.1, -0.05) is 22.0 Å². The molecule has 1 N–H and O–H groups in total. The first-order valence-electron chi connectivity index (χ1n) is 6.04. The van der Waals surface area contributed by atoms with Crippen LogP contribution >= 0.6 is 15.9 Å². The summed E-state index contributed by atoms with van der Waals surface area (Å²) in [5.41, 5.74) is 1.44. The summed E-state index contributed by atoms with van der Waals surface area (Å²) in [5.74, 6) is 0.625. The predicted octanol–water partition coefficient (Wildman–Crippen LogP) is 4.39. The molecule has 0 radical (unpaired) electrons. The highest BCUT2D eigenvalue weighted by Gasteiger charge is 2.02. The summed E-state index contributed by atoms with van der Waals surface area (Å²) in [6, 6.07) is 12.7. The minimum Gasteiger partial charge on any atom is -0.492 e. The van der Waals surface area contributed by atoms with Gasteiger partial charge in [-0.05, 0) is 43.3 Å². The number of anilines is 1. The smallest absolute Gasteiger partial charge is 0.128 e. The molecule has 0 saturated heterocycles. The van der Waals surface area contributed by atoms with E-state index in [1.54, 1.807) is 13.0 Å². The van der Waals surface area contributed by atoms with Gasteiger partial charge < -0.3 is 10.1 Å². The largest absolute Gasteiger partial charge is 0.492 e. The molecule has 0 atom stereocenters. The standard InChI is InChI=1S/C15H15BrFNO/c1-11-14(17)3-2-4-15(11)18-9-10-19-13-7-5-12(16)6-8-13/h2-8,18H,9-10H2,1H3. The summed E-state index contributed by atoms with van der Waals surface area (Å²) < 4.78 is 19.9. The van der Waals surface area contributed by atoms with E-state index in [4.69, 9.17) is 4.74 Å². The summed E-state index contributed by atoms with van der Waals surface area (Å²) in [4.78, 5) is 0. The van der Waals surface area contributed by atoms with Crippen LogP contribution in [0.4, 0.5) is 10.1 Å². The van der Waals surface area contributed by atoms with Crippen molar-refractivity contribution in [3.05, 3.63) is 58.3 Å². The third-order valence-corrected chi connectivity index (χ3v) is 3.30. The SMILES string of the molecule is Cc1c(F)cccc1NCCOc1ccc(Br)cc1. The number of nitrogens with one attached hydrogen (secondary N) is 1. The molecular weight excluding hydrogens is 309 g/mol. The van der Waals surface area contributed by atoms with Crippen molar-refractivity contribution in [1.29, 1.82) is 0 Å². The third-order valence-electron chi connectivity index (χ3n) is 2.77.